The predicted octanol–water partition coefficient (Wildman–Crippen LogP) is -1.27. The second-order valence-electron chi connectivity index (χ2n) is 1.67. The molecule has 0 rings (SSSR count). The van der Waals surface area contributed by atoms with Gasteiger partial charge in [-0.25, -0.2) is 0 Å². The van der Waals surface area contributed by atoms with Crippen LogP contribution in [0.2, 0.25) is 0 Å². The normalized spacial score (nSPS) is 9.43. The van der Waals surface area contributed by atoms with E-state index in [-0.39, 0.29) is 19.7 Å². The standard InChI is InChI=1S/C4H8O2.CH4O3S.CH2O2/c5-3-1-2-4-6;1-5(2,3)4;2-1-3/h1-2,5-6H,3-4H2;1H3,(H,2,3,4);1H,(H,2,3). The first-order valence-electron chi connectivity index (χ1n) is 3.20. The van der Waals surface area contributed by atoms with Crippen LogP contribution in [0.15, 0.2) is 12.2 Å². The minimum Gasteiger partial charge on any atom is -0.483 e. The van der Waals surface area contributed by atoms with Crippen LogP contribution in [-0.4, -0.2) is 54.2 Å². The lowest BCUT2D eigenvalue weighted by molar-refractivity contribution is -0.122. The highest BCUT2D eigenvalue weighted by atomic mass is 32.2. The molecule has 0 aromatic carbocycles. The smallest absolute Gasteiger partial charge is 0.290 e. The molecule has 0 heterocycles. The molecule has 0 aliphatic carbocycles. The Morgan fingerprint density at radius 3 is 1.36 bits per heavy atom. The summed E-state index contributed by atoms with van der Waals surface area (Å²) in [6.07, 6.45) is 3.69. The van der Waals surface area contributed by atoms with Gasteiger partial charge in [-0.05, 0) is 0 Å². The van der Waals surface area contributed by atoms with E-state index in [1.165, 1.54) is 12.2 Å². The lowest BCUT2D eigenvalue weighted by atomic mass is 10.5. The molecule has 0 saturated heterocycles. The zero-order valence-corrected chi connectivity index (χ0v) is 8.38. The molecule has 86 valence electrons. The van der Waals surface area contributed by atoms with Crippen molar-refractivity contribution in [1.29, 1.82) is 0 Å². The van der Waals surface area contributed by atoms with Gasteiger partial charge in [0.15, 0.2) is 0 Å². The van der Waals surface area contributed by atoms with Crippen molar-refractivity contribution in [2.45, 2.75) is 0 Å². The average molecular weight is 230 g/mol. The quantitative estimate of drug-likeness (QED) is 0.264. The maximum atomic E-state index is 9.19. The molecule has 0 spiro atoms. The topological polar surface area (TPSA) is 132 Å². The summed E-state index contributed by atoms with van der Waals surface area (Å²) in [7, 11) is -3.67. The Hall–Kier alpha value is -0.960. The zero-order valence-electron chi connectivity index (χ0n) is 7.57. The number of hydrogen-bond acceptors (Lipinski definition) is 5. The molecule has 0 radical (unpaired) electrons. The van der Waals surface area contributed by atoms with Gasteiger partial charge in [0.2, 0.25) is 0 Å². The maximum absolute atomic E-state index is 9.19. The van der Waals surface area contributed by atoms with Crippen molar-refractivity contribution in [3.63, 3.8) is 0 Å². The van der Waals surface area contributed by atoms with Crippen LogP contribution in [0.4, 0.5) is 0 Å². The van der Waals surface area contributed by atoms with Crippen LogP contribution in [0.3, 0.4) is 0 Å². The van der Waals surface area contributed by atoms with Gasteiger partial charge in [0.25, 0.3) is 16.6 Å². The molecule has 7 nitrogen and oxygen atoms in total. The van der Waals surface area contributed by atoms with Crippen molar-refractivity contribution >= 4 is 16.6 Å². The largest absolute Gasteiger partial charge is 0.483 e. The van der Waals surface area contributed by atoms with Crippen LogP contribution < -0.4 is 0 Å². The van der Waals surface area contributed by atoms with Crippen molar-refractivity contribution in [3.8, 4) is 0 Å². The maximum Gasteiger partial charge on any atom is 0.290 e. The van der Waals surface area contributed by atoms with Crippen molar-refractivity contribution in [3.05, 3.63) is 12.2 Å². The van der Waals surface area contributed by atoms with Gasteiger partial charge in [0, 0.05) is 0 Å². The van der Waals surface area contributed by atoms with Crippen LogP contribution in [0.5, 0.6) is 0 Å². The summed E-state index contributed by atoms with van der Waals surface area (Å²) in [5.41, 5.74) is 0. The molecular formula is C6H14O7S. The number of carboxylic acid groups (broad SMARTS) is 1. The van der Waals surface area contributed by atoms with E-state index in [0.29, 0.717) is 6.26 Å². The average Bonchev–Trinajstić information content (AvgIpc) is 1.99. The summed E-state index contributed by atoms with van der Waals surface area (Å²) < 4.78 is 25.9. The second kappa shape index (κ2) is 14.6. The van der Waals surface area contributed by atoms with Gasteiger partial charge in [0.05, 0.1) is 19.5 Å². The fourth-order valence-electron chi connectivity index (χ4n) is 0.149. The molecule has 0 fully saturated rings. The molecule has 0 aliphatic rings. The minimum absolute atomic E-state index is 0.0144. The predicted molar refractivity (Wildman–Crippen MR) is 49.5 cm³/mol. The van der Waals surface area contributed by atoms with Gasteiger partial charge in [-0.15, -0.1) is 0 Å². The van der Waals surface area contributed by atoms with E-state index in [1.807, 2.05) is 0 Å². The van der Waals surface area contributed by atoms with Gasteiger partial charge < -0.3 is 15.3 Å². The summed E-state index contributed by atoms with van der Waals surface area (Å²) in [4.78, 5) is 8.36. The van der Waals surface area contributed by atoms with Crippen LogP contribution >= 0.6 is 0 Å². The van der Waals surface area contributed by atoms with E-state index in [9.17, 15) is 8.42 Å². The van der Waals surface area contributed by atoms with Gasteiger partial charge in [0.1, 0.15) is 0 Å². The molecule has 0 amide bonds. The highest BCUT2D eigenvalue weighted by Crippen LogP contribution is 1.63. The third kappa shape index (κ3) is 267. The van der Waals surface area contributed by atoms with Crippen LogP contribution in [0.25, 0.3) is 0 Å². The molecular weight excluding hydrogens is 216 g/mol. The molecule has 14 heavy (non-hydrogen) atoms. The monoisotopic (exact) mass is 230 g/mol. The van der Waals surface area contributed by atoms with Crippen molar-refractivity contribution in [1.82, 2.24) is 0 Å². The van der Waals surface area contributed by atoms with E-state index in [1.54, 1.807) is 0 Å². The molecule has 0 aromatic rings. The fourth-order valence-corrected chi connectivity index (χ4v) is 0.149. The Labute approximate surface area is 82.1 Å². The number of carbonyl (C=O) groups is 1. The van der Waals surface area contributed by atoms with Gasteiger partial charge in [-0.2, -0.15) is 8.42 Å². The lowest BCUT2D eigenvalue weighted by Gasteiger charge is -1.73. The summed E-state index contributed by atoms with van der Waals surface area (Å²) in [5, 5.41) is 22.9. The molecule has 4 N–H and O–H groups in total. The van der Waals surface area contributed by atoms with E-state index in [4.69, 9.17) is 24.7 Å². The molecule has 0 aromatic heterocycles. The highest BCUT2D eigenvalue weighted by molar-refractivity contribution is 7.85. The van der Waals surface area contributed by atoms with Crippen molar-refractivity contribution in [2.75, 3.05) is 19.5 Å². The molecule has 0 atom stereocenters. The van der Waals surface area contributed by atoms with E-state index < -0.39 is 10.1 Å². The number of aliphatic hydroxyl groups is 2. The Morgan fingerprint density at radius 1 is 1.14 bits per heavy atom. The number of rotatable bonds is 2. The Bertz CT molecular complexity index is 204. The summed E-state index contributed by atoms with van der Waals surface area (Å²) in [6, 6.07) is 0. The van der Waals surface area contributed by atoms with E-state index in [2.05, 4.69) is 0 Å². The summed E-state index contributed by atoms with van der Waals surface area (Å²) in [6.45, 7) is -0.221. The number of aliphatic hydroxyl groups excluding tert-OH is 2. The number of hydrogen-bond donors (Lipinski definition) is 4. The van der Waals surface area contributed by atoms with Gasteiger partial charge in [-0.1, -0.05) is 12.2 Å². The summed E-state index contributed by atoms with van der Waals surface area (Å²) in [5.74, 6) is 0. The van der Waals surface area contributed by atoms with Crippen LogP contribution in [-0.2, 0) is 14.9 Å². The first-order valence-corrected chi connectivity index (χ1v) is 5.05. The summed E-state index contributed by atoms with van der Waals surface area (Å²) >= 11 is 0. The molecule has 0 unspecified atom stereocenters. The van der Waals surface area contributed by atoms with Gasteiger partial charge in [-0.3, -0.25) is 9.35 Å². The van der Waals surface area contributed by atoms with Gasteiger partial charge >= 0.3 is 0 Å². The van der Waals surface area contributed by atoms with E-state index >= 15 is 0 Å². The van der Waals surface area contributed by atoms with Crippen molar-refractivity contribution < 1.29 is 33.1 Å². The minimum atomic E-state index is -3.67. The molecule has 8 heteroatoms. The third-order valence-corrected chi connectivity index (χ3v) is 0.377. The Balaban J connectivity index is -0.000000138. The van der Waals surface area contributed by atoms with E-state index in [0.717, 1.165) is 0 Å². The zero-order chi connectivity index (χ0) is 12.0. The Kier molecular flexibility index (Phi) is 19.5. The second-order valence-corrected chi connectivity index (χ2v) is 3.14. The first-order chi connectivity index (χ1) is 6.33. The Morgan fingerprint density at radius 2 is 1.29 bits per heavy atom. The van der Waals surface area contributed by atoms with Crippen LogP contribution in [0, 0.1) is 0 Å². The molecule has 0 aliphatic heterocycles. The third-order valence-electron chi connectivity index (χ3n) is 0.377. The first kappa shape index (κ1) is 18.8. The molecule has 0 saturated carbocycles. The fraction of sp³-hybridized carbons (Fsp3) is 0.500. The highest BCUT2D eigenvalue weighted by Gasteiger charge is 1.81. The van der Waals surface area contributed by atoms with Crippen molar-refractivity contribution in [2.24, 2.45) is 0 Å². The lowest BCUT2D eigenvalue weighted by Crippen LogP contribution is -1.88. The van der Waals surface area contributed by atoms with Crippen LogP contribution in [0.1, 0.15) is 0 Å². The molecule has 0 bridgehead atoms. The SMILES string of the molecule is CS(=O)(=O)O.O=CO.OCC=CCO.